The van der Waals surface area contributed by atoms with Gasteiger partial charge >= 0.3 is 0 Å². The molecule has 0 saturated heterocycles. The van der Waals surface area contributed by atoms with Crippen molar-refractivity contribution in [1.29, 1.82) is 0 Å². The van der Waals surface area contributed by atoms with Gasteiger partial charge in [0.2, 0.25) is 0 Å². The Morgan fingerprint density at radius 1 is 0.969 bits per heavy atom. The predicted octanol–water partition coefficient (Wildman–Crippen LogP) is 8.14. The molecule has 9 atom stereocenters. The van der Waals surface area contributed by atoms with E-state index in [4.69, 9.17) is 4.74 Å². The zero-order valence-electron chi connectivity index (χ0n) is 22.0. The van der Waals surface area contributed by atoms with Crippen molar-refractivity contribution in [3.05, 3.63) is 11.6 Å². The largest absolute Gasteiger partial charge is 0.368 e. The van der Waals surface area contributed by atoms with Gasteiger partial charge in [-0.25, -0.2) is 0 Å². The van der Waals surface area contributed by atoms with Crippen molar-refractivity contribution in [2.45, 2.75) is 131 Å². The molecule has 0 bridgehead atoms. The van der Waals surface area contributed by atoms with Crippen LogP contribution in [-0.2, 0) is 4.74 Å². The lowest BCUT2D eigenvalue weighted by molar-refractivity contribution is -0.139. The summed E-state index contributed by atoms with van der Waals surface area (Å²) in [5, 5.41) is 9.70. The Balaban J connectivity index is 1.43. The quantitative estimate of drug-likeness (QED) is 0.232. The van der Waals surface area contributed by atoms with Gasteiger partial charge in [0.1, 0.15) is 0 Å². The van der Waals surface area contributed by atoms with Crippen LogP contribution in [0.4, 0.5) is 0 Å². The van der Waals surface area contributed by atoms with Crippen LogP contribution in [0.15, 0.2) is 11.6 Å². The molecule has 0 aromatic carbocycles. The van der Waals surface area contributed by atoms with Gasteiger partial charge in [-0.15, -0.1) is 0 Å². The molecule has 0 aromatic rings. The van der Waals surface area contributed by atoms with Crippen molar-refractivity contribution in [3.8, 4) is 0 Å². The minimum atomic E-state index is -0.639. The van der Waals surface area contributed by atoms with Crippen LogP contribution < -0.4 is 0 Å². The average Bonchev–Trinajstić information content (AvgIpc) is 3.08. The summed E-state index contributed by atoms with van der Waals surface area (Å²) >= 11 is 0. The number of unbranched alkanes of at least 4 members (excludes halogenated alkanes) is 1. The van der Waals surface area contributed by atoms with Gasteiger partial charge in [0.05, 0.1) is 6.10 Å². The van der Waals surface area contributed by atoms with Crippen LogP contribution in [0.3, 0.4) is 0 Å². The molecule has 0 aliphatic heterocycles. The molecule has 184 valence electrons. The summed E-state index contributed by atoms with van der Waals surface area (Å²) in [5.74, 6) is 5.40. The summed E-state index contributed by atoms with van der Waals surface area (Å²) in [6.45, 7) is 14.3. The fourth-order valence-corrected chi connectivity index (χ4v) is 9.22. The SMILES string of the molecule is CC(C)CCCCC(C)C1CCC2C3CC=C4CC(OC(C)O)CCC4(C)C3CCC12C. The minimum absolute atomic E-state index is 0.215. The van der Waals surface area contributed by atoms with E-state index in [1.54, 1.807) is 12.5 Å². The molecule has 4 rings (SSSR count). The molecule has 32 heavy (non-hydrogen) atoms. The second-order valence-electron chi connectivity index (χ2n) is 13.2. The van der Waals surface area contributed by atoms with Crippen LogP contribution in [0.5, 0.6) is 0 Å². The summed E-state index contributed by atoms with van der Waals surface area (Å²) < 4.78 is 5.81. The van der Waals surface area contributed by atoms with Gasteiger partial charge in [0, 0.05) is 0 Å². The molecule has 4 aliphatic rings. The highest BCUT2D eigenvalue weighted by molar-refractivity contribution is 5.25. The molecule has 4 aliphatic carbocycles. The van der Waals surface area contributed by atoms with Crippen LogP contribution in [0.25, 0.3) is 0 Å². The maximum atomic E-state index is 9.70. The third kappa shape index (κ3) is 4.61. The van der Waals surface area contributed by atoms with Gasteiger partial charge in [0.25, 0.3) is 0 Å². The first kappa shape index (κ1) is 24.8. The normalized spacial score (nSPS) is 43.2. The Labute approximate surface area is 199 Å². The van der Waals surface area contributed by atoms with Gasteiger partial charge in [-0.2, -0.15) is 0 Å². The number of hydrogen-bond donors (Lipinski definition) is 1. The van der Waals surface area contributed by atoms with E-state index in [0.717, 1.165) is 48.3 Å². The van der Waals surface area contributed by atoms with Crippen molar-refractivity contribution in [2.75, 3.05) is 0 Å². The topological polar surface area (TPSA) is 29.5 Å². The van der Waals surface area contributed by atoms with E-state index in [1.807, 2.05) is 0 Å². The van der Waals surface area contributed by atoms with E-state index < -0.39 is 6.29 Å². The summed E-state index contributed by atoms with van der Waals surface area (Å²) in [4.78, 5) is 0. The zero-order chi connectivity index (χ0) is 23.1. The fourth-order valence-electron chi connectivity index (χ4n) is 9.22. The smallest absolute Gasteiger partial charge is 0.152 e. The lowest BCUT2D eigenvalue weighted by Crippen LogP contribution is -2.51. The first-order chi connectivity index (χ1) is 15.1. The standard InChI is InChI=1S/C30H52O2/c1-20(2)9-7-8-10-21(3)26-13-14-27-25-12-11-23-19-24(32-22(4)31)15-17-29(23,5)28(25)16-18-30(26,27)6/h11,20-22,24-28,31H,7-10,12-19H2,1-6H3. The molecule has 0 amide bonds. The highest BCUT2D eigenvalue weighted by Crippen LogP contribution is 2.67. The molecule has 1 N–H and O–H groups in total. The number of rotatable bonds is 8. The summed E-state index contributed by atoms with van der Waals surface area (Å²) in [6, 6.07) is 0. The van der Waals surface area contributed by atoms with Crippen LogP contribution in [-0.4, -0.2) is 17.5 Å². The van der Waals surface area contributed by atoms with Crippen molar-refractivity contribution < 1.29 is 9.84 Å². The summed E-state index contributed by atoms with van der Waals surface area (Å²) in [5.41, 5.74) is 2.61. The van der Waals surface area contributed by atoms with E-state index in [-0.39, 0.29) is 6.10 Å². The maximum Gasteiger partial charge on any atom is 0.152 e. The second-order valence-corrected chi connectivity index (χ2v) is 13.2. The number of hydrogen-bond acceptors (Lipinski definition) is 2. The number of ether oxygens (including phenoxy) is 1. The summed E-state index contributed by atoms with van der Waals surface area (Å²) in [6.07, 6.45) is 18.5. The monoisotopic (exact) mass is 444 g/mol. The fraction of sp³-hybridized carbons (Fsp3) is 0.933. The molecule has 0 spiro atoms. The van der Waals surface area contributed by atoms with Crippen molar-refractivity contribution in [3.63, 3.8) is 0 Å². The van der Waals surface area contributed by atoms with Crippen LogP contribution >= 0.6 is 0 Å². The van der Waals surface area contributed by atoms with Gasteiger partial charge in [-0.1, -0.05) is 72.0 Å². The summed E-state index contributed by atoms with van der Waals surface area (Å²) in [7, 11) is 0. The minimum Gasteiger partial charge on any atom is -0.368 e. The van der Waals surface area contributed by atoms with Crippen LogP contribution in [0.2, 0.25) is 0 Å². The second kappa shape index (κ2) is 9.73. The van der Waals surface area contributed by atoms with Gasteiger partial charge < -0.3 is 9.84 Å². The first-order valence-corrected chi connectivity index (χ1v) is 14.2. The number of aliphatic hydroxyl groups excluding tert-OH is 1. The van der Waals surface area contributed by atoms with Crippen molar-refractivity contribution in [2.24, 2.45) is 46.3 Å². The first-order valence-electron chi connectivity index (χ1n) is 14.2. The van der Waals surface area contributed by atoms with Crippen molar-refractivity contribution in [1.82, 2.24) is 0 Å². The molecule has 3 saturated carbocycles. The predicted molar refractivity (Wildman–Crippen MR) is 134 cm³/mol. The molecule has 0 heterocycles. The Morgan fingerprint density at radius 2 is 1.72 bits per heavy atom. The molecular weight excluding hydrogens is 392 g/mol. The van der Waals surface area contributed by atoms with Crippen LogP contribution in [0, 0.1) is 46.3 Å². The Hall–Kier alpha value is -0.340. The van der Waals surface area contributed by atoms with Gasteiger partial charge in [0.15, 0.2) is 6.29 Å². The Bertz CT molecular complexity index is 666. The number of fused-ring (bicyclic) bond motifs is 5. The lowest BCUT2D eigenvalue weighted by atomic mass is 9.47. The third-order valence-corrected chi connectivity index (χ3v) is 10.9. The molecular formula is C30H52O2. The molecule has 2 nitrogen and oxygen atoms in total. The highest BCUT2D eigenvalue weighted by atomic mass is 16.6. The van der Waals surface area contributed by atoms with E-state index in [9.17, 15) is 5.11 Å². The van der Waals surface area contributed by atoms with E-state index in [2.05, 4.69) is 40.7 Å². The molecule has 3 fully saturated rings. The van der Waals surface area contributed by atoms with Gasteiger partial charge in [-0.3, -0.25) is 0 Å². The number of aliphatic hydroxyl groups is 1. The maximum absolute atomic E-state index is 9.70. The van der Waals surface area contributed by atoms with Crippen LogP contribution in [0.1, 0.15) is 119 Å². The molecule has 2 heteroatoms. The van der Waals surface area contributed by atoms with Crippen molar-refractivity contribution >= 4 is 0 Å². The average molecular weight is 445 g/mol. The zero-order valence-corrected chi connectivity index (χ0v) is 22.0. The molecule has 0 aromatic heterocycles. The van der Waals surface area contributed by atoms with E-state index in [1.165, 1.54) is 64.2 Å². The lowest BCUT2D eigenvalue weighted by Gasteiger charge is -2.58. The third-order valence-electron chi connectivity index (χ3n) is 10.9. The molecule has 9 unspecified atom stereocenters. The molecule has 0 radical (unpaired) electrons. The van der Waals surface area contributed by atoms with E-state index >= 15 is 0 Å². The Morgan fingerprint density at radius 3 is 2.44 bits per heavy atom. The number of allylic oxidation sites excluding steroid dienone is 1. The Kier molecular flexibility index (Phi) is 7.53. The van der Waals surface area contributed by atoms with E-state index in [0.29, 0.717) is 10.8 Å². The highest BCUT2D eigenvalue weighted by Gasteiger charge is 2.59. The van der Waals surface area contributed by atoms with Gasteiger partial charge in [-0.05, 0) is 105 Å².